The van der Waals surface area contributed by atoms with Crippen LogP contribution < -0.4 is 10.2 Å². The normalized spacial score (nSPS) is 10.3. The number of pyridine rings is 2. The van der Waals surface area contributed by atoms with Gasteiger partial charge in [0.1, 0.15) is 11.6 Å². The van der Waals surface area contributed by atoms with Crippen LogP contribution >= 0.6 is 0 Å². The number of rotatable bonds is 7. The molecule has 116 valence electrons. The summed E-state index contributed by atoms with van der Waals surface area (Å²) < 4.78 is 0. The van der Waals surface area contributed by atoms with Crippen LogP contribution in [0.3, 0.4) is 0 Å². The van der Waals surface area contributed by atoms with Gasteiger partial charge in [0.25, 0.3) is 0 Å². The first-order valence-electron chi connectivity index (χ1n) is 7.28. The Morgan fingerprint density at radius 3 is 2.59 bits per heavy atom. The van der Waals surface area contributed by atoms with Crippen molar-refractivity contribution in [3.63, 3.8) is 0 Å². The van der Waals surface area contributed by atoms with Crippen molar-refractivity contribution in [2.24, 2.45) is 0 Å². The highest BCUT2D eigenvalue weighted by molar-refractivity contribution is 5.85. The van der Waals surface area contributed by atoms with Gasteiger partial charge in [-0.2, -0.15) is 0 Å². The third-order valence-electron chi connectivity index (χ3n) is 3.34. The molecule has 0 aromatic carbocycles. The highest BCUT2D eigenvalue weighted by Crippen LogP contribution is 2.12. The maximum Gasteiger partial charge on any atom is 0.354 e. The van der Waals surface area contributed by atoms with Crippen LogP contribution in [0, 0.1) is 0 Å². The number of aromatic carboxylic acids is 1. The molecule has 0 radical (unpaired) electrons. The highest BCUT2D eigenvalue weighted by Gasteiger charge is 2.06. The van der Waals surface area contributed by atoms with Crippen molar-refractivity contribution in [1.29, 1.82) is 0 Å². The molecule has 2 aromatic rings. The maximum atomic E-state index is 10.9. The van der Waals surface area contributed by atoms with Gasteiger partial charge in [-0.25, -0.2) is 14.8 Å². The van der Waals surface area contributed by atoms with Crippen LogP contribution in [0.25, 0.3) is 0 Å². The molecule has 0 spiro atoms. The van der Waals surface area contributed by atoms with Gasteiger partial charge in [-0.3, -0.25) is 0 Å². The van der Waals surface area contributed by atoms with Crippen LogP contribution in [-0.2, 0) is 6.54 Å². The number of nitrogens with one attached hydrogen (secondary N) is 1. The third-order valence-corrected chi connectivity index (χ3v) is 3.34. The van der Waals surface area contributed by atoms with Gasteiger partial charge in [0.05, 0.1) is 0 Å². The Balaban J connectivity index is 2.00. The minimum atomic E-state index is -1.03. The van der Waals surface area contributed by atoms with E-state index < -0.39 is 5.97 Å². The van der Waals surface area contributed by atoms with Crippen LogP contribution in [-0.4, -0.2) is 34.1 Å². The van der Waals surface area contributed by atoms with Gasteiger partial charge in [0, 0.05) is 25.8 Å². The monoisotopic (exact) mass is 300 g/mol. The zero-order valence-corrected chi connectivity index (χ0v) is 12.8. The summed E-state index contributed by atoms with van der Waals surface area (Å²) >= 11 is 0. The number of hydrogen-bond acceptors (Lipinski definition) is 5. The Labute approximate surface area is 129 Å². The Kier molecular flexibility index (Phi) is 5.30. The molecule has 0 atom stereocenters. The van der Waals surface area contributed by atoms with E-state index in [4.69, 9.17) is 5.11 Å². The topological polar surface area (TPSA) is 78.4 Å². The van der Waals surface area contributed by atoms with E-state index >= 15 is 0 Å². The fourth-order valence-electron chi connectivity index (χ4n) is 2.10. The molecule has 0 saturated heterocycles. The minimum Gasteiger partial charge on any atom is -0.477 e. The largest absolute Gasteiger partial charge is 0.477 e. The highest BCUT2D eigenvalue weighted by atomic mass is 16.4. The van der Waals surface area contributed by atoms with Gasteiger partial charge in [-0.1, -0.05) is 12.1 Å². The van der Waals surface area contributed by atoms with E-state index in [1.165, 1.54) is 6.07 Å². The summed E-state index contributed by atoms with van der Waals surface area (Å²) in [4.78, 5) is 21.5. The van der Waals surface area contributed by atoms with Crippen LogP contribution in [0.1, 0.15) is 29.9 Å². The molecule has 0 amide bonds. The van der Waals surface area contributed by atoms with Crippen molar-refractivity contribution in [1.82, 2.24) is 9.97 Å². The smallest absolute Gasteiger partial charge is 0.354 e. The number of carboxylic acid groups (broad SMARTS) is 1. The van der Waals surface area contributed by atoms with Crippen LogP contribution in [0.4, 0.5) is 11.6 Å². The third kappa shape index (κ3) is 3.94. The summed E-state index contributed by atoms with van der Waals surface area (Å²) in [5.74, 6) is 0.460. The Morgan fingerprint density at radius 1 is 1.23 bits per heavy atom. The second kappa shape index (κ2) is 7.40. The van der Waals surface area contributed by atoms with E-state index in [0.717, 1.165) is 24.5 Å². The lowest BCUT2D eigenvalue weighted by Gasteiger charge is -2.19. The molecule has 2 rings (SSSR count). The second-order valence-corrected chi connectivity index (χ2v) is 4.76. The van der Waals surface area contributed by atoms with Gasteiger partial charge in [-0.15, -0.1) is 0 Å². The summed E-state index contributed by atoms with van der Waals surface area (Å²) in [6.45, 7) is 6.59. The summed E-state index contributed by atoms with van der Waals surface area (Å²) in [6.07, 6.45) is 1.82. The summed E-state index contributed by atoms with van der Waals surface area (Å²) in [5.41, 5.74) is 1.04. The lowest BCUT2D eigenvalue weighted by molar-refractivity contribution is 0.0690. The quantitative estimate of drug-likeness (QED) is 0.818. The van der Waals surface area contributed by atoms with E-state index in [1.54, 1.807) is 12.1 Å². The Morgan fingerprint density at radius 2 is 2.00 bits per heavy atom. The van der Waals surface area contributed by atoms with E-state index in [9.17, 15) is 4.79 Å². The molecule has 0 fully saturated rings. The molecule has 0 aliphatic rings. The summed E-state index contributed by atoms with van der Waals surface area (Å²) in [5, 5.41) is 12.0. The first-order valence-corrected chi connectivity index (χ1v) is 7.28. The second-order valence-electron chi connectivity index (χ2n) is 4.76. The number of hydrogen-bond donors (Lipinski definition) is 2. The molecule has 2 N–H and O–H groups in total. The Bertz CT molecular complexity index is 624. The van der Waals surface area contributed by atoms with Gasteiger partial charge in [0.15, 0.2) is 5.69 Å². The number of anilines is 2. The molecule has 2 heterocycles. The molecule has 22 heavy (non-hydrogen) atoms. The van der Waals surface area contributed by atoms with Gasteiger partial charge in [0.2, 0.25) is 0 Å². The molecule has 0 saturated carbocycles. The SMILES string of the molecule is CCN(CC)c1ccc(CNc2cccc(C(=O)O)n2)cn1. The Hall–Kier alpha value is -2.63. The zero-order chi connectivity index (χ0) is 15.9. The molecular formula is C16H20N4O2. The van der Waals surface area contributed by atoms with E-state index in [-0.39, 0.29) is 5.69 Å². The van der Waals surface area contributed by atoms with Gasteiger partial charge < -0.3 is 15.3 Å². The lowest BCUT2D eigenvalue weighted by Crippen LogP contribution is -2.22. The minimum absolute atomic E-state index is 0.0278. The van der Waals surface area contributed by atoms with Crippen LogP contribution in [0.15, 0.2) is 36.5 Å². The molecule has 0 aliphatic heterocycles. The molecular weight excluding hydrogens is 280 g/mol. The molecule has 6 heteroatoms. The van der Waals surface area contributed by atoms with Crippen LogP contribution in [0.5, 0.6) is 0 Å². The molecule has 0 unspecified atom stereocenters. The first-order chi connectivity index (χ1) is 10.6. The fraction of sp³-hybridized carbons (Fsp3) is 0.312. The number of carboxylic acids is 1. The molecule has 0 aliphatic carbocycles. The molecule has 2 aromatic heterocycles. The molecule has 6 nitrogen and oxygen atoms in total. The van der Waals surface area contributed by atoms with Crippen molar-refractivity contribution in [3.8, 4) is 0 Å². The van der Waals surface area contributed by atoms with E-state index in [0.29, 0.717) is 12.4 Å². The van der Waals surface area contributed by atoms with Crippen molar-refractivity contribution in [3.05, 3.63) is 47.8 Å². The first kappa shape index (κ1) is 15.8. The molecule has 0 bridgehead atoms. The maximum absolute atomic E-state index is 10.9. The van der Waals surface area contributed by atoms with Crippen molar-refractivity contribution in [2.45, 2.75) is 20.4 Å². The van der Waals surface area contributed by atoms with Gasteiger partial charge in [-0.05, 0) is 37.6 Å². The zero-order valence-electron chi connectivity index (χ0n) is 12.8. The van der Waals surface area contributed by atoms with Gasteiger partial charge >= 0.3 is 5.97 Å². The van der Waals surface area contributed by atoms with Crippen molar-refractivity contribution < 1.29 is 9.90 Å². The average Bonchev–Trinajstić information content (AvgIpc) is 2.55. The number of nitrogens with zero attached hydrogens (tertiary/aromatic N) is 3. The number of carbonyl (C=O) groups is 1. The average molecular weight is 300 g/mol. The predicted molar refractivity (Wildman–Crippen MR) is 86.3 cm³/mol. The van der Waals surface area contributed by atoms with Crippen LogP contribution in [0.2, 0.25) is 0 Å². The standard InChI is InChI=1S/C16H20N4O2/c1-3-20(4-2)15-9-8-12(11-18-15)10-17-14-7-5-6-13(19-14)16(21)22/h5-9,11H,3-4,10H2,1-2H3,(H,17,19)(H,21,22). The predicted octanol–water partition coefficient (Wildman–Crippen LogP) is 2.63. The fourth-order valence-corrected chi connectivity index (χ4v) is 2.10. The van der Waals surface area contributed by atoms with E-state index in [1.807, 2.05) is 18.3 Å². The summed E-state index contributed by atoms with van der Waals surface area (Å²) in [7, 11) is 0. The van der Waals surface area contributed by atoms with E-state index in [2.05, 4.69) is 34.0 Å². The lowest BCUT2D eigenvalue weighted by atomic mass is 10.2. The van der Waals surface area contributed by atoms with Crippen molar-refractivity contribution >= 4 is 17.6 Å². The number of aromatic nitrogens is 2. The summed E-state index contributed by atoms with van der Waals surface area (Å²) in [6, 6.07) is 8.87. The van der Waals surface area contributed by atoms with Crippen molar-refractivity contribution in [2.75, 3.05) is 23.3 Å².